The van der Waals surface area contributed by atoms with Gasteiger partial charge in [-0.15, -0.1) is 0 Å². The zero-order valence-corrected chi connectivity index (χ0v) is 17.9. The number of aliphatic hydroxyl groups excluding tert-OH is 2. The van der Waals surface area contributed by atoms with Gasteiger partial charge in [0.15, 0.2) is 0 Å². The molecule has 0 fully saturated rings. The molecule has 3 rings (SSSR count). The number of aromatic nitrogens is 1. The first kappa shape index (κ1) is 22.7. The zero-order valence-electron chi connectivity index (χ0n) is 17.9. The number of aliphatic hydroxyl groups is 2. The van der Waals surface area contributed by atoms with Crippen molar-refractivity contribution in [2.45, 2.75) is 51.9 Å². The Morgan fingerprint density at radius 2 is 1.87 bits per heavy atom. The van der Waals surface area contributed by atoms with Crippen LogP contribution in [-0.4, -0.2) is 38.1 Å². The number of benzene rings is 2. The van der Waals surface area contributed by atoms with Crippen LogP contribution in [0.5, 0.6) is 0 Å². The lowest BCUT2D eigenvalue weighted by Crippen LogP contribution is -2.19. The maximum atomic E-state index is 13.8. The molecule has 2 aromatic carbocycles. The molecule has 0 saturated carbocycles. The molecule has 2 unspecified atom stereocenters. The van der Waals surface area contributed by atoms with Crippen molar-refractivity contribution < 1.29 is 24.5 Å². The minimum absolute atomic E-state index is 0.0738. The van der Waals surface area contributed by atoms with E-state index in [1.165, 1.54) is 12.1 Å². The van der Waals surface area contributed by atoms with Gasteiger partial charge in [-0.1, -0.05) is 30.3 Å². The molecule has 164 valence electrons. The molecule has 31 heavy (non-hydrogen) atoms. The Bertz CT molecular complexity index is 1120. The van der Waals surface area contributed by atoms with Crippen molar-refractivity contribution in [2.75, 3.05) is 0 Å². The third kappa shape index (κ3) is 5.03. The summed E-state index contributed by atoms with van der Waals surface area (Å²) in [6.45, 7) is 6.00. The number of fused-ring (bicyclic) bond motifs is 1. The van der Waals surface area contributed by atoms with E-state index in [1.54, 1.807) is 18.2 Å². The zero-order chi connectivity index (χ0) is 22.7. The summed E-state index contributed by atoms with van der Waals surface area (Å²) >= 11 is 0. The van der Waals surface area contributed by atoms with Crippen LogP contribution in [0, 0.1) is 12.7 Å². The maximum absolute atomic E-state index is 13.8. The molecule has 1 heterocycles. The van der Waals surface area contributed by atoms with Crippen LogP contribution in [0.1, 0.15) is 44.0 Å². The average molecular weight is 426 g/mol. The topological polar surface area (TPSA) is 82.7 Å². The molecular weight excluding hydrogens is 397 g/mol. The molecular formula is C25H28FNO4. The van der Waals surface area contributed by atoms with Gasteiger partial charge in [0.25, 0.3) is 0 Å². The second kappa shape index (κ2) is 9.45. The summed E-state index contributed by atoms with van der Waals surface area (Å²) < 4.78 is 15.9. The molecule has 0 aliphatic heterocycles. The van der Waals surface area contributed by atoms with Crippen molar-refractivity contribution in [2.24, 2.45) is 0 Å². The summed E-state index contributed by atoms with van der Waals surface area (Å²) in [5, 5.41) is 30.0. The van der Waals surface area contributed by atoms with Crippen molar-refractivity contribution in [1.29, 1.82) is 0 Å². The summed E-state index contributed by atoms with van der Waals surface area (Å²) in [6, 6.07) is 12.8. The van der Waals surface area contributed by atoms with Gasteiger partial charge < -0.3 is 19.9 Å². The number of rotatable bonds is 8. The highest BCUT2D eigenvalue weighted by Crippen LogP contribution is 2.39. The summed E-state index contributed by atoms with van der Waals surface area (Å²) in [7, 11) is 0. The molecule has 3 N–H and O–H groups in total. The Morgan fingerprint density at radius 3 is 2.52 bits per heavy atom. The molecule has 0 spiro atoms. The first-order valence-electron chi connectivity index (χ1n) is 10.3. The van der Waals surface area contributed by atoms with Gasteiger partial charge in [0.1, 0.15) is 5.82 Å². The largest absolute Gasteiger partial charge is 0.481 e. The highest BCUT2D eigenvalue weighted by molar-refractivity contribution is 6.01. The van der Waals surface area contributed by atoms with Gasteiger partial charge in [-0.05, 0) is 56.2 Å². The van der Waals surface area contributed by atoms with E-state index >= 15 is 0 Å². The predicted octanol–water partition coefficient (Wildman–Crippen LogP) is 4.94. The number of nitrogens with zero attached hydrogens (tertiary/aromatic N) is 1. The number of aliphatic carboxylic acids is 1. The predicted molar refractivity (Wildman–Crippen MR) is 120 cm³/mol. The van der Waals surface area contributed by atoms with E-state index in [9.17, 15) is 19.4 Å². The molecule has 5 nitrogen and oxygen atoms in total. The minimum Gasteiger partial charge on any atom is -0.481 e. The SMILES string of the molecule is Cc1cc(F)ccc1-c1c(/C=C/C(O)CC(O)CC(=O)O)n(C(C)C)c2ccccc12. The lowest BCUT2D eigenvalue weighted by atomic mass is 9.97. The Balaban J connectivity index is 2.13. The molecule has 0 saturated heterocycles. The van der Waals surface area contributed by atoms with Crippen molar-refractivity contribution in [1.82, 2.24) is 4.57 Å². The van der Waals surface area contributed by atoms with Gasteiger partial charge in [0, 0.05) is 34.6 Å². The van der Waals surface area contributed by atoms with E-state index in [1.807, 2.05) is 31.2 Å². The van der Waals surface area contributed by atoms with E-state index in [2.05, 4.69) is 18.4 Å². The molecule has 3 aromatic rings. The molecule has 1 aromatic heterocycles. The number of hydrogen-bond donors (Lipinski definition) is 3. The normalized spacial score (nSPS) is 13.9. The number of carboxylic acid groups (broad SMARTS) is 1. The first-order chi connectivity index (χ1) is 14.7. The minimum atomic E-state index is -1.13. The number of carbonyl (C=O) groups is 1. The van der Waals surface area contributed by atoms with Crippen LogP contribution in [-0.2, 0) is 4.79 Å². The summed E-state index contributed by atoms with van der Waals surface area (Å²) in [5.74, 6) is -1.41. The van der Waals surface area contributed by atoms with E-state index < -0.39 is 24.6 Å². The van der Waals surface area contributed by atoms with Crippen LogP contribution in [0.3, 0.4) is 0 Å². The van der Waals surface area contributed by atoms with Crippen molar-refractivity contribution in [3.05, 3.63) is 65.6 Å². The average Bonchev–Trinajstić information content (AvgIpc) is 3.00. The molecule has 0 aliphatic rings. The van der Waals surface area contributed by atoms with E-state index in [-0.39, 0.29) is 18.3 Å². The number of halogens is 1. The fourth-order valence-corrected chi connectivity index (χ4v) is 4.04. The Morgan fingerprint density at radius 1 is 1.16 bits per heavy atom. The molecule has 0 radical (unpaired) electrons. The van der Waals surface area contributed by atoms with E-state index in [0.717, 1.165) is 33.3 Å². The van der Waals surface area contributed by atoms with Gasteiger partial charge in [-0.3, -0.25) is 4.79 Å². The van der Waals surface area contributed by atoms with Crippen LogP contribution in [0.25, 0.3) is 28.1 Å². The van der Waals surface area contributed by atoms with Crippen molar-refractivity contribution in [3.8, 4) is 11.1 Å². The van der Waals surface area contributed by atoms with Gasteiger partial charge in [0.05, 0.1) is 18.6 Å². The Kier molecular flexibility index (Phi) is 6.93. The van der Waals surface area contributed by atoms with E-state index in [4.69, 9.17) is 5.11 Å². The maximum Gasteiger partial charge on any atom is 0.305 e. The summed E-state index contributed by atoms with van der Waals surface area (Å²) in [6.07, 6.45) is 0.742. The standard InChI is InChI=1S/C25H28FNO4/c1-15(2)27-22-7-5-4-6-21(22)25(20-10-8-17(26)12-16(20)3)23(27)11-9-18(28)13-19(29)14-24(30)31/h4-12,15,18-19,28-29H,13-14H2,1-3H3,(H,30,31)/b11-9+. The van der Waals surface area contributed by atoms with Crippen LogP contribution < -0.4 is 0 Å². The summed E-state index contributed by atoms with van der Waals surface area (Å²) in [5.41, 5.74) is 4.53. The van der Waals surface area contributed by atoms with Crippen molar-refractivity contribution in [3.63, 3.8) is 0 Å². The fraction of sp³-hybridized carbons (Fsp3) is 0.320. The fourth-order valence-electron chi connectivity index (χ4n) is 4.04. The lowest BCUT2D eigenvalue weighted by Gasteiger charge is -2.15. The van der Waals surface area contributed by atoms with E-state index in [0.29, 0.717) is 0 Å². The highest BCUT2D eigenvalue weighted by Gasteiger charge is 2.20. The molecule has 2 atom stereocenters. The Labute approximate surface area is 181 Å². The van der Waals surface area contributed by atoms with Gasteiger partial charge in [-0.25, -0.2) is 4.39 Å². The number of hydrogen-bond acceptors (Lipinski definition) is 3. The highest BCUT2D eigenvalue weighted by atomic mass is 19.1. The molecule has 6 heteroatoms. The third-order valence-electron chi connectivity index (χ3n) is 5.32. The molecule has 0 aliphatic carbocycles. The van der Waals surface area contributed by atoms with Crippen LogP contribution in [0.4, 0.5) is 4.39 Å². The van der Waals surface area contributed by atoms with Gasteiger partial charge in [-0.2, -0.15) is 0 Å². The summed E-state index contributed by atoms with van der Waals surface area (Å²) in [4.78, 5) is 10.8. The lowest BCUT2D eigenvalue weighted by molar-refractivity contribution is -0.139. The van der Waals surface area contributed by atoms with Crippen LogP contribution >= 0.6 is 0 Å². The van der Waals surface area contributed by atoms with Crippen molar-refractivity contribution >= 4 is 22.9 Å². The second-order valence-electron chi connectivity index (χ2n) is 8.11. The van der Waals surface area contributed by atoms with Gasteiger partial charge in [0.2, 0.25) is 0 Å². The first-order valence-corrected chi connectivity index (χ1v) is 10.3. The number of aryl methyl sites for hydroxylation is 1. The Hall–Kier alpha value is -2.96. The quantitative estimate of drug-likeness (QED) is 0.478. The third-order valence-corrected chi connectivity index (χ3v) is 5.32. The smallest absolute Gasteiger partial charge is 0.305 e. The number of carboxylic acids is 1. The second-order valence-corrected chi connectivity index (χ2v) is 8.11. The molecule has 0 amide bonds. The molecule has 0 bridgehead atoms. The number of para-hydroxylation sites is 1. The van der Waals surface area contributed by atoms with Gasteiger partial charge >= 0.3 is 5.97 Å². The monoisotopic (exact) mass is 425 g/mol. The van der Waals surface area contributed by atoms with Crippen LogP contribution in [0.2, 0.25) is 0 Å². The van der Waals surface area contributed by atoms with Crippen LogP contribution in [0.15, 0.2) is 48.5 Å².